The van der Waals surface area contributed by atoms with Crippen molar-refractivity contribution in [1.82, 2.24) is 0 Å². The second-order valence-electron chi connectivity index (χ2n) is 7.35. The maximum atomic E-state index is 5.67. The summed E-state index contributed by atoms with van der Waals surface area (Å²) in [6, 6.07) is 19.4. The Morgan fingerprint density at radius 2 is 0.857 bits per heavy atom. The predicted octanol–water partition coefficient (Wildman–Crippen LogP) is 13.9. The Labute approximate surface area is 298 Å². The number of rotatable bonds is 2. The fourth-order valence-corrected chi connectivity index (χ4v) is 4.85. The van der Waals surface area contributed by atoms with Crippen molar-refractivity contribution >= 4 is 47.2 Å². The second-order valence-corrected chi connectivity index (χ2v) is 14.2. The van der Waals surface area contributed by atoms with Gasteiger partial charge in [0, 0.05) is 0 Å². The molecule has 0 nitrogen and oxygen atoms in total. The molecule has 0 aromatic heterocycles. The molecule has 0 spiro atoms. The first-order valence-electron chi connectivity index (χ1n) is 11.6. The van der Waals surface area contributed by atoms with Crippen molar-refractivity contribution in [2.75, 3.05) is 0 Å². The number of hydrogen-bond donors (Lipinski definition) is 0. The van der Waals surface area contributed by atoms with Crippen LogP contribution in [-0.4, -0.2) is 4.61 Å². The summed E-state index contributed by atoms with van der Waals surface area (Å²) < 4.78 is 1.92. The molecular formula is C36H53Cl4Ru2-2. The van der Waals surface area contributed by atoms with Gasteiger partial charge in [-0.1, -0.05) is 98.5 Å². The fourth-order valence-electron chi connectivity index (χ4n) is 2.74. The van der Waals surface area contributed by atoms with Gasteiger partial charge in [0.05, 0.1) is 0 Å². The maximum absolute atomic E-state index is 5.67. The number of alkyl halides is 2. The van der Waals surface area contributed by atoms with Crippen LogP contribution < -0.4 is 0 Å². The zero-order chi connectivity index (χ0) is 25.4. The molecule has 0 heterocycles. The van der Waals surface area contributed by atoms with Crippen LogP contribution in [-0.2, 0) is 33.0 Å². The van der Waals surface area contributed by atoms with Crippen molar-refractivity contribution in [3.8, 4) is 0 Å². The zero-order valence-corrected chi connectivity index (χ0v) is 31.7. The third-order valence-electron chi connectivity index (χ3n) is 4.48. The average Bonchev–Trinajstić information content (AvgIpc) is 2.80. The van der Waals surface area contributed by atoms with E-state index in [4.69, 9.17) is 42.6 Å². The molecule has 0 saturated heterocycles. The van der Waals surface area contributed by atoms with Gasteiger partial charge in [0.2, 0.25) is 0 Å². The van der Waals surface area contributed by atoms with Gasteiger partial charge in [0.1, 0.15) is 4.84 Å². The monoisotopic (exact) mass is 829 g/mol. The molecule has 2 aliphatic rings. The minimum Gasteiger partial charge on any atom is 3.00 e. The Morgan fingerprint density at radius 3 is 1.17 bits per heavy atom. The molecule has 0 bridgehead atoms. The minimum absolute atomic E-state index is 0. The third kappa shape index (κ3) is 37.4. The van der Waals surface area contributed by atoms with E-state index in [-0.39, 0.29) is 64.0 Å². The Morgan fingerprint density at radius 1 is 0.524 bits per heavy atom. The van der Waals surface area contributed by atoms with E-state index in [0.717, 1.165) is 11.1 Å². The molecule has 2 aromatic rings. The SMILES string of the molecule is C.C1=C/C=C\CCC=C1.C1=CCC/C=C\CC1.ClC(Cl)c1ccccc1.[CH3-].[CH3-].[CH3-].[CH3-].[CH3-].[Cl][Ru]([Cl])=[CH]c1ccccc1.[Ru+3]. The van der Waals surface area contributed by atoms with E-state index < -0.39 is 18.4 Å². The van der Waals surface area contributed by atoms with Gasteiger partial charge in [-0.2, -0.15) is 0 Å². The van der Waals surface area contributed by atoms with E-state index in [1.165, 1.54) is 38.5 Å². The van der Waals surface area contributed by atoms with Crippen molar-refractivity contribution in [1.29, 1.82) is 0 Å². The van der Waals surface area contributed by atoms with Crippen LogP contribution in [0, 0.1) is 37.1 Å². The van der Waals surface area contributed by atoms with Crippen LogP contribution in [0.5, 0.6) is 0 Å². The van der Waals surface area contributed by atoms with Crippen molar-refractivity contribution < 1.29 is 33.0 Å². The topological polar surface area (TPSA) is 0 Å². The first-order valence-corrected chi connectivity index (χ1v) is 17.9. The van der Waals surface area contributed by atoms with Crippen LogP contribution in [0.3, 0.4) is 0 Å². The van der Waals surface area contributed by atoms with Crippen LogP contribution in [0.1, 0.15) is 61.9 Å². The quantitative estimate of drug-likeness (QED) is 0.122. The molecule has 0 fully saturated rings. The van der Waals surface area contributed by atoms with E-state index in [2.05, 4.69) is 60.8 Å². The summed E-state index contributed by atoms with van der Waals surface area (Å²) >= 11 is 9.52. The number of allylic oxidation sites excluding steroid dienone is 10. The summed E-state index contributed by atoms with van der Waals surface area (Å²) in [6.07, 6.45) is 29.0. The average molecular weight is 830 g/mol. The van der Waals surface area contributed by atoms with E-state index in [1.807, 2.05) is 65.3 Å². The van der Waals surface area contributed by atoms with Crippen LogP contribution in [0.25, 0.3) is 0 Å². The van der Waals surface area contributed by atoms with E-state index in [0.29, 0.717) is 0 Å². The van der Waals surface area contributed by atoms with Gasteiger partial charge in [-0.05, 0) is 44.1 Å². The van der Waals surface area contributed by atoms with Crippen LogP contribution in [0.2, 0.25) is 0 Å². The summed E-state index contributed by atoms with van der Waals surface area (Å²) in [6.45, 7) is 0. The third-order valence-corrected chi connectivity index (χ3v) is 6.86. The molecular weight excluding hydrogens is 776 g/mol. The smallest absolute Gasteiger partial charge is 3.00 e. The second kappa shape index (κ2) is 42.5. The molecule has 0 unspecified atom stereocenters. The van der Waals surface area contributed by atoms with Crippen LogP contribution in [0.15, 0.2) is 121 Å². The van der Waals surface area contributed by atoms with Gasteiger partial charge in [-0.25, -0.2) is 0 Å². The largest absolute Gasteiger partial charge is 3.00 e. The fraction of sp³-hybridized carbons (Fsp3) is 0.222. The Kier molecular flexibility index (Phi) is 57.9. The summed E-state index contributed by atoms with van der Waals surface area (Å²) in [5.74, 6) is 0. The predicted molar refractivity (Wildman–Crippen MR) is 196 cm³/mol. The van der Waals surface area contributed by atoms with Gasteiger partial charge in [-0.15, -0.1) is 23.2 Å². The normalized spacial score (nSPS) is 13.5. The van der Waals surface area contributed by atoms with Crippen molar-refractivity contribution in [3.63, 3.8) is 0 Å². The first kappa shape index (κ1) is 57.1. The summed E-state index contributed by atoms with van der Waals surface area (Å²) in [5.41, 5.74) is 2.06. The molecule has 0 saturated carbocycles. The molecule has 6 heteroatoms. The number of hydrogen-bond acceptors (Lipinski definition) is 0. The van der Waals surface area contributed by atoms with Gasteiger partial charge < -0.3 is 37.1 Å². The Hall–Kier alpha value is -0.583. The Bertz CT molecular complexity index is 903. The van der Waals surface area contributed by atoms with Crippen LogP contribution >= 0.6 is 42.6 Å². The van der Waals surface area contributed by atoms with E-state index >= 15 is 0 Å². The van der Waals surface area contributed by atoms with Gasteiger partial charge in [0.15, 0.2) is 0 Å². The minimum atomic E-state index is -1.61. The van der Waals surface area contributed by atoms with Gasteiger partial charge in [-0.3, -0.25) is 0 Å². The molecule has 0 amide bonds. The number of benzene rings is 2. The molecule has 4 rings (SSSR count). The standard InChI is InChI=1S/C8H12.C8H10.C7H6Cl2.C7H6.CH4.5CH3.2ClH.2Ru/c2*1-2-4-6-8-7-5-3-1;8-7(9)6-4-2-1-3-5-6;1-7-5-3-2-4-6-7;;;;;;;;;;/h1-2,7-8H,3-6H2;1-6H,7-8H2;1-5,7H;1-6H;1H4;5*1H3;2*1H;;/q;;;;;5*-1;;;+2;+3/p-2/b2-1-,8-7?;2-1?,5-3-,6-4?;;;;;;;;;;;;. The van der Waals surface area contributed by atoms with Gasteiger partial charge in [0.25, 0.3) is 0 Å². The van der Waals surface area contributed by atoms with E-state index in [9.17, 15) is 0 Å². The zero-order valence-electron chi connectivity index (χ0n) is 25.2. The summed E-state index contributed by atoms with van der Waals surface area (Å²) in [7, 11) is 11.3. The molecule has 2 aliphatic carbocycles. The summed E-state index contributed by atoms with van der Waals surface area (Å²) in [5, 5.41) is 0. The maximum Gasteiger partial charge on any atom is 3.00 e. The molecule has 0 atom stereocenters. The van der Waals surface area contributed by atoms with Gasteiger partial charge >= 0.3 is 92.9 Å². The Balaban J connectivity index is -0.0000000739. The summed E-state index contributed by atoms with van der Waals surface area (Å²) in [4.78, 5) is -0.397. The van der Waals surface area contributed by atoms with E-state index in [1.54, 1.807) is 0 Å². The molecule has 0 aliphatic heterocycles. The molecule has 0 N–H and O–H groups in total. The first-order chi connectivity index (χ1) is 17.1. The molecule has 42 heavy (non-hydrogen) atoms. The van der Waals surface area contributed by atoms with Crippen molar-refractivity contribution in [2.45, 2.75) is 50.8 Å². The number of halogens is 4. The van der Waals surface area contributed by atoms with Crippen molar-refractivity contribution in [2.24, 2.45) is 0 Å². The molecule has 2 aromatic carbocycles. The van der Waals surface area contributed by atoms with Crippen LogP contribution in [0.4, 0.5) is 0 Å². The molecule has 243 valence electrons. The van der Waals surface area contributed by atoms with Crippen molar-refractivity contribution in [3.05, 3.63) is 170 Å². The molecule has 1 radical (unpaired) electrons.